The first kappa shape index (κ1) is 14.0. The molecule has 0 aliphatic rings. The summed E-state index contributed by atoms with van der Waals surface area (Å²) in [7, 11) is 1.70. The van der Waals surface area contributed by atoms with Crippen molar-refractivity contribution in [3.8, 4) is 0 Å². The summed E-state index contributed by atoms with van der Waals surface area (Å²) in [5, 5.41) is 9.86. The zero-order chi connectivity index (χ0) is 13.1. The second-order valence-corrected chi connectivity index (χ2v) is 5.16. The summed E-state index contributed by atoms with van der Waals surface area (Å²) in [6.07, 6.45) is 0.317. The Morgan fingerprint density at radius 1 is 1.35 bits per heavy atom. The highest BCUT2D eigenvalue weighted by Gasteiger charge is 2.26. The lowest BCUT2D eigenvalue weighted by Crippen LogP contribution is -2.48. The molecule has 0 unspecified atom stereocenters. The molecule has 0 spiro atoms. The highest BCUT2D eigenvalue weighted by molar-refractivity contribution is 6.30. The van der Waals surface area contributed by atoms with Crippen LogP contribution in [0.25, 0.3) is 0 Å². The molecule has 0 aromatic heterocycles. The van der Waals surface area contributed by atoms with Gasteiger partial charge in [-0.3, -0.25) is 4.79 Å². The molecular weight excluding hydrogens is 238 g/mol. The Morgan fingerprint density at radius 2 is 1.88 bits per heavy atom. The van der Waals surface area contributed by atoms with Crippen LogP contribution in [-0.2, 0) is 11.2 Å². The van der Waals surface area contributed by atoms with E-state index >= 15 is 0 Å². The molecule has 1 N–H and O–H groups in total. The smallest absolute Gasteiger partial charge is 0.227 e. The molecule has 0 saturated carbocycles. The molecule has 1 aromatic rings. The molecule has 1 amide bonds. The third-order valence-corrected chi connectivity index (χ3v) is 3.19. The van der Waals surface area contributed by atoms with Gasteiger partial charge in [-0.25, -0.2) is 0 Å². The van der Waals surface area contributed by atoms with E-state index in [1.165, 1.54) is 0 Å². The van der Waals surface area contributed by atoms with Crippen LogP contribution in [0.1, 0.15) is 19.4 Å². The number of rotatable bonds is 4. The first-order valence-electron chi connectivity index (χ1n) is 5.49. The number of likely N-dealkylation sites (N-methyl/N-ethyl adjacent to an activating group) is 1. The summed E-state index contributed by atoms with van der Waals surface area (Å²) in [6, 6.07) is 7.20. The molecule has 94 valence electrons. The van der Waals surface area contributed by atoms with E-state index in [4.69, 9.17) is 11.6 Å². The van der Waals surface area contributed by atoms with Gasteiger partial charge in [0.25, 0.3) is 0 Å². The van der Waals surface area contributed by atoms with Crippen molar-refractivity contribution in [3.63, 3.8) is 0 Å². The quantitative estimate of drug-likeness (QED) is 0.895. The minimum absolute atomic E-state index is 0.0219. The minimum Gasteiger partial charge on any atom is -0.394 e. The maximum Gasteiger partial charge on any atom is 0.227 e. The maximum absolute atomic E-state index is 12.0. The van der Waals surface area contributed by atoms with Crippen LogP contribution in [0.3, 0.4) is 0 Å². The minimum atomic E-state index is -0.538. The van der Waals surface area contributed by atoms with E-state index in [2.05, 4.69) is 0 Å². The summed E-state index contributed by atoms with van der Waals surface area (Å²) in [6.45, 7) is 3.59. The third-order valence-electron chi connectivity index (χ3n) is 2.94. The van der Waals surface area contributed by atoms with E-state index in [0.717, 1.165) is 5.56 Å². The Hall–Kier alpha value is -1.06. The van der Waals surface area contributed by atoms with Crippen molar-refractivity contribution in [1.29, 1.82) is 0 Å². The first-order valence-corrected chi connectivity index (χ1v) is 5.86. The van der Waals surface area contributed by atoms with E-state index in [1.807, 2.05) is 26.0 Å². The molecule has 0 heterocycles. The molecule has 0 radical (unpaired) electrons. The number of aliphatic hydroxyl groups excluding tert-OH is 1. The molecule has 0 aliphatic heterocycles. The highest BCUT2D eigenvalue weighted by Crippen LogP contribution is 2.15. The maximum atomic E-state index is 12.0. The Kier molecular flexibility index (Phi) is 4.54. The average Bonchev–Trinajstić information content (AvgIpc) is 2.31. The van der Waals surface area contributed by atoms with E-state index in [1.54, 1.807) is 24.1 Å². The van der Waals surface area contributed by atoms with Crippen molar-refractivity contribution >= 4 is 17.5 Å². The summed E-state index contributed by atoms with van der Waals surface area (Å²) >= 11 is 5.78. The Balaban J connectivity index is 2.69. The number of hydrogen-bond donors (Lipinski definition) is 1. The number of nitrogens with zero attached hydrogens (tertiary/aromatic N) is 1. The lowest BCUT2D eigenvalue weighted by Gasteiger charge is -2.34. The SMILES string of the molecule is CN(C(=O)Cc1ccc(Cl)cc1)C(C)(C)CO. The van der Waals surface area contributed by atoms with Crippen molar-refractivity contribution in [2.24, 2.45) is 0 Å². The molecule has 0 saturated heterocycles. The third kappa shape index (κ3) is 3.72. The number of carbonyl (C=O) groups is 1. The predicted molar refractivity (Wildman–Crippen MR) is 69.1 cm³/mol. The molecule has 0 bridgehead atoms. The largest absolute Gasteiger partial charge is 0.394 e. The van der Waals surface area contributed by atoms with Gasteiger partial charge in [0.1, 0.15) is 0 Å². The second-order valence-electron chi connectivity index (χ2n) is 4.73. The molecular formula is C13H18ClNO2. The molecule has 17 heavy (non-hydrogen) atoms. The van der Waals surface area contributed by atoms with Gasteiger partial charge in [-0.15, -0.1) is 0 Å². The molecule has 3 nitrogen and oxygen atoms in total. The number of carbonyl (C=O) groups excluding carboxylic acids is 1. The molecule has 1 aromatic carbocycles. The van der Waals surface area contributed by atoms with Crippen LogP contribution in [0.2, 0.25) is 5.02 Å². The predicted octanol–water partition coefficient (Wildman–Crippen LogP) is 2.11. The van der Waals surface area contributed by atoms with E-state index < -0.39 is 5.54 Å². The van der Waals surface area contributed by atoms with Gasteiger partial charge in [0.15, 0.2) is 0 Å². The molecule has 1 rings (SSSR count). The fourth-order valence-electron chi connectivity index (χ4n) is 1.34. The van der Waals surface area contributed by atoms with E-state index in [-0.39, 0.29) is 12.5 Å². The van der Waals surface area contributed by atoms with Crippen LogP contribution in [0.5, 0.6) is 0 Å². The summed E-state index contributed by atoms with van der Waals surface area (Å²) in [5.41, 5.74) is 0.378. The fourth-order valence-corrected chi connectivity index (χ4v) is 1.47. The molecule has 0 fully saturated rings. The fraction of sp³-hybridized carbons (Fsp3) is 0.462. The number of benzene rings is 1. The standard InChI is InChI=1S/C13H18ClNO2/c1-13(2,9-16)15(3)12(17)8-10-4-6-11(14)7-5-10/h4-7,16H,8-9H2,1-3H3. The van der Waals surface area contributed by atoms with Crippen molar-refractivity contribution in [2.45, 2.75) is 25.8 Å². The van der Waals surface area contributed by atoms with Crippen LogP contribution in [0, 0.1) is 0 Å². The van der Waals surface area contributed by atoms with Crippen LogP contribution in [0.4, 0.5) is 0 Å². The van der Waals surface area contributed by atoms with Crippen LogP contribution >= 0.6 is 11.6 Å². The molecule has 0 atom stereocenters. The summed E-state index contributed by atoms with van der Waals surface area (Å²) < 4.78 is 0. The van der Waals surface area contributed by atoms with E-state index in [9.17, 15) is 9.90 Å². The Labute approximate surface area is 107 Å². The van der Waals surface area contributed by atoms with E-state index in [0.29, 0.717) is 11.4 Å². The van der Waals surface area contributed by atoms with Gasteiger partial charge in [0.2, 0.25) is 5.91 Å². The van der Waals surface area contributed by atoms with Crippen LogP contribution in [0.15, 0.2) is 24.3 Å². The highest BCUT2D eigenvalue weighted by atomic mass is 35.5. The normalized spacial score (nSPS) is 11.4. The van der Waals surface area contributed by atoms with Crippen molar-refractivity contribution < 1.29 is 9.90 Å². The van der Waals surface area contributed by atoms with Gasteiger partial charge in [-0.1, -0.05) is 23.7 Å². The second kappa shape index (κ2) is 5.52. The van der Waals surface area contributed by atoms with Crippen LogP contribution in [-0.4, -0.2) is 35.1 Å². The van der Waals surface area contributed by atoms with Gasteiger partial charge >= 0.3 is 0 Å². The average molecular weight is 256 g/mol. The van der Waals surface area contributed by atoms with Crippen molar-refractivity contribution in [1.82, 2.24) is 4.90 Å². The zero-order valence-electron chi connectivity index (χ0n) is 10.4. The first-order chi connectivity index (χ1) is 7.86. The summed E-state index contributed by atoms with van der Waals surface area (Å²) in [5.74, 6) is -0.0219. The zero-order valence-corrected chi connectivity index (χ0v) is 11.2. The molecule has 0 aliphatic carbocycles. The Bertz CT molecular complexity index is 387. The number of amides is 1. The summed E-state index contributed by atoms with van der Waals surface area (Å²) in [4.78, 5) is 13.6. The van der Waals surface area contributed by atoms with Crippen LogP contribution < -0.4 is 0 Å². The Morgan fingerprint density at radius 3 is 2.35 bits per heavy atom. The topological polar surface area (TPSA) is 40.5 Å². The van der Waals surface area contributed by atoms with Gasteiger partial charge in [0.05, 0.1) is 18.6 Å². The van der Waals surface area contributed by atoms with Gasteiger partial charge in [-0.2, -0.15) is 0 Å². The van der Waals surface area contributed by atoms with Gasteiger partial charge in [0, 0.05) is 12.1 Å². The lowest BCUT2D eigenvalue weighted by molar-refractivity contribution is -0.135. The van der Waals surface area contributed by atoms with Crippen molar-refractivity contribution in [3.05, 3.63) is 34.9 Å². The van der Waals surface area contributed by atoms with Gasteiger partial charge in [-0.05, 0) is 31.5 Å². The number of aliphatic hydroxyl groups is 1. The van der Waals surface area contributed by atoms with Gasteiger partial charge < -0.3 is 10.0 Å². The number of halogens is 1. The lowest BCUT2D eigenvalue weighted by atomic mass is 10.0. The number of hydrogen-bond acceptors (Lipinski definition) is 2. The van der Waals surface area contributed by atoms with Crippen molar-refractivity contribution in [2.75, 3.05) is 13.7 Å². The molecule has 4 heteroatoms. The monoisotopic (exact) mass is 255 g/mol.